The van der Waals surface area contributed by atoms with E-state index < -0.39 is 0 Å². The Morgan fingerprint density at radius 1 is 1.39 bits per heavy atom. The van der Waals surface area contributed by atoms with Gasteiger partial charge in [-0.25, -0.2) is 0 Å². The molecular formula is C14H13BrN2S. The lowest BCUT2D eigenvalue weighted by atomic mass is 10.1. The molecule has 1 aromatic heterocycles. The van der Waals surface area contributed by atoms with Crippen molar-refractivity contribution in [3.05, 3.63) is 50.1 Å². The minimum atomic E-state index is 0.711. The van der Waals surface area contributed by atoms with Crippen molar-refractivity contribution in [2.45, 2.75) is 13.5 Å². The smallest absolute Gasteiger partial charge is 0.0991 e. The summed E-state index contributed by atoms with van der Waals surface area (Å²) in [5, 5.41) is 11.0. The van der Waals surface area contributed by atoms with Crippen LogP contribution in [-0.2, 0) is 6.54 Å². The first-order chi connectivity index (χ1) is 8.60. The molecule has 0 atom stereocenters. The number of nitriles is 1. The van der Waals surface area contributed by atoms with Gasteiger partial charge in [-0.05, 0) is 63.6 Å². The molecule has 2 rings (SSSR count). The minimum Gasteiger partial charge on any atom is -0.370 e. The van der Waals surface area contributed by atoms with Gasteiger partial charge in [0.05, 0.1) is 15.4 Å². The molecule has 0 aliphatic heterocycles. The van der Waals surface area contributed by atoms with E-state index in [2.05, 4.69) is 45.4 Å². The van der Waals surface area contributed by atoms with E-state index in [0.717, 1.165) is 21.6 Å². The van der Waals surface area contributed by atoms with Crippen LogP contribution < -0.4 is 4.90 Å². The van der Waals surface area contributed by atoms with Crippen LogP contribution in [0.2, 0.25) is 0 Å². The molecule has 0 amide bonds. The average molecular weight is 321 g/mol. The van der Waals surface area contributed by atoms with Crippen molar-refractivity contribution in [3.8, 4) is 6.07 Å². The third kappa shape index (κ3) is 2.92. The molecule has 1 heterocycles. The lowest BCUT2D eigenvalue weighted by molar-refractivity contribution is 0.921. The number of nitrogens with zero attached hydrogens (tertiary/aromatic N) is 2. The molecule has 0 unspecified atom stereocenters. The topological polar surface area (TPSA) is 27.0 Å². The fraction of sp³-hybridized carbons (Fsp3) is 0.214. The van der Waals surface area contributed by atoms with Crippen molar-refractivity contribution in [2.24, 2.45) is 0 Å². The number of anilines is 1. The summed E-state index contributed by atoms with van der Waals surface area (Å²) in [4.78, 5) is 2.20. The van der Waals surface area contributed by atoms with E-state index >= 15 is 0 Å². The normalized spacial score (nSPS) is 10.1. The summed E-state index contributed by atoms with van der Waals surface area (Å²) in [7, 11) is 2.07. The van der Waals surface area contributed by atoms with Crippen LogP contribution in [0.4, 0.5) is 5.69 Å². The molecular weight excluding hydrogens is 308 g/mol. The van der Waals surface area contributed by atoms with Crippen molar-refractivity contribution in [1.82, 2.24) is 0 Å². The summed E-state index contributed by atoms with van der Waals surface area (Å²) in [6.07, 6.45) is 0. The Morgan fingerprint density at radius 3 is 2.72 bits per heavy atom. The van der Waals surface area contributed by atoms with Crippen LogP contribution in [0, 0.1) is 18.3 Å². The summed E-state index contributed by atoms with van der Waals surface area (Å²) in [6.45, 7) is 2.91. The maximum Gasteiger partial charge on any atom is 0.0991 e. The summed E-state index contributed by atoms with van der Waals surface area (Å²) >= 11 is 5.17. The number of rotatable bonds is 3. The van der Waals surface area contributed by atoms with Crippen molar-refractivity contribution in [3.63, 3.8) is 0 Å². The van der Waals surface area contributed by atoms with Gasteiger partial charge in [0.25, 0.3) is 0 Å². The van der Waals surface area contributed by atoms with Gasteiger partial charge in [0.15, 0.2) is 0 Å². The molecule has 2 aromatic rings. The maximum atomic E-state index is 8.86. The van der Waals surface area contributed by atoms with Gasteiger partial charge in [-0.1, -0.05) is 0 Å². The molecule has 0 aliphatic carbocycles. The molecule has 0 bridgehead atoms. The van der Waals surface area contributed by atoms with Crippen LogP contribution in [0.25, 0.3) is 0 Å². The Morgan fingerprint density at radius 2 is 2.17 bits per heavy atom. The molecule has 0 N–H and O–H groups in total. The zero-order valence-electron chi connectivity index (χ0n) is 10.3. The van der Waals surface area contributed by atoms with Crippen molar-refractivity contribution >= 4 is 33.0 Å². The standard InChI is InChI=1S/C14H13BrN2S/c1-10-5-11(7-16)3-4-13(10)17(2)8-12-6-14(15)18-9-12/h3-6,9H,8H2,1-2H3. The van der Waals surface area contributed by atoms with E-state index in [-0.39, 0.29) is 0 Å². The van der Waals surface area contributed by atoms with Crippen molar-refractivity contribution in [2.75, 3.05) is 11.9 Å². The Labute approximate surface area is 120 Å². The second-order valence-corrected chi connectivity index (χ2v) is 6.52. The SMILES string of the molecule is Cc1cc(C#N)ccc1N(C)Cc1csc(Br)c1. The maximum absolute atomic E-state index is 8.86. The van der Waals surface area contributed by atoms with E-state index in [0.29, 0.717) is 5.56 Å². The highest BCUT2D eigenvalue weighted by atomic mass is 79.9. The van der Waals surface area contributed by atoms with Gasteiger partial charge in [0, 0.05) is 19.3 Å². The first kappa shape index (κ1) is 13.1. The molecule has 0 aliphatic rings. The largest absolute Gasteiger partial charge is 0.370 e. The molecule has 1 aromatic carbocycles. The van der Waals surface area contributed by atoms with Crippen molar-refractivity contribution in [1.29, 1.82) is 5.26 Å². The number of halogens is 1. The van der Waals surface area contributed by atoms with Crippen LogP contribution in [-0.4, -0.2) is 7.05 Å². The van der Waals surface area contributed by atoms with Gasteiger partial charge >= 0.3 is 0 Å². The molecule has 0 fully saturated rings. The van der Waals surface area contributed by atoms with Gasteiger partial charge in [0.1, 0.15) is 0 Å². The number of aryl methyl sites for hydroxylation is 1. The fourth-order valence-corrected chi connectivity index (χ4v) is 3.14. The summed E-state index contributed by atoms with van der Waals surface area (Å²) < 4.78 is 1.16. The summed E-state index contributed by atoms with van der Waals surface area (Å²) in [5.74, 6) is 0. The van der Waals surface area contributed by atoms with Gasteiger partial charge < -0.3 is 4.90 Å². The predicted molar refractivity (Wildman–Crippen MR) is 80.0 cm³/mol. The zero-order chi connectivity index (χ0) is 13.1. The highest BCUT2D eigenvalue weighted by molar-refractivity contribution is 9.11. The third-order valence-corrected chi connectivity index (χ3v) is 4.33. The first-order valence-corrected chi connectivity index (χ1v) is 7.22. The van der Waals surface area contributed by atoms with E-state index in [1.165, 1.54) is 5.56 Å². The minimum absolute atomic E-state index is 0.711. The molecule has 0 saturated carbocycles. The van der Waals surface area contributed by atoms with E-state index in [9.17, 15) is 0 Å². The molecule has 0 spiro atoms. The second-order valence-electron chi connectivity index (χ2n) is 4.23. The number of benzene rings is 1. The van der Waals surface area contributed by atoms with E-state index in [1.807, 2.05) is 25.1 Å². The molecule has 0 radical (unpaired) electrons. The van der Waals surface area contributed by atoms with Crippen LogP contribution in [0.3, 0.4) is 0 Å². The van der Waals surface area contributed by atoms with Crippen LogP contribution >= 0.6 is 27.3 Å². The lowest BCUT2D eigenvalue weighted by Crippen LogP contribution is -2.16. The Bertz CT molecular complexity index is 598. The second kappa shape index (κ2) is 5.55. The van der Waals surface area contributed by atoms with Gasteiger partial charge in [0.2, 0.25) is 0 Å². The molecule has 0 saturated heterocycles. The molecule has 2 nitrogen and oxygen atoms in total. The zero-order valence-corrected chi connectivity index (χ0v) is 12.7. The molecule has 18 heavy (non-hydrogen) atoms. The third-order valence-electron chi connectivity index (χ3n) is 2.78. The number of hydrogen-bond donors (Lipinski definition) is 0. The van der Waals surface area contributed by atoms with Crippen molar-refractivity contribution < 1.29 is 0 Å². The average Bonchev–Trinajstić information content (AvgIpc) is 2.74. The van der Waals surface area contributed by atoms with Crippen LogP contribution in [0.1, 0.15) is 16.7 Å². The number of hydrogen-bond acceptors (Lipinski definition) is 3. The molecule has 92 valence electrons. The van der Waals surface area contributed by atoms with E-state index in [4.69, 9.17) is 5.26 Å². The number of thiophene rings is 1. The summed E-state index contributed by atoms with van der Waals surface area (Å²) in [5.41, 5.74) is 4.29. The Balaban J connectivity index is 2.19. The van der Waals surface area contributed by atoms with E-state index in [1.54, 1.807) is 11.3 Å². The highest BCUT2D eigenvalue weighted by Crippen LogP contribution is 2.25. The lowest BCUT2D eigenvalue weighted by Gasteiger charge is -2.21. The fourth-order valence-electron chi connectivity index (χ4n) is 1.94. The van der Waals surface area contributed by atoms with Crippen LogP contribution in [0.15, 0.2) is 33.4 Å². The van der Waals surface area contributed by atoms with Gasteiger partial charge in [-0.2, -0.15) is 5.26 Å². The quantitative estimate of drug-likeness (QED) is 0.841. The van der Waals surface area contributed by atoms with Gasteiger partial charge in [-0.15, -0.1) is 11.3 Å². The Kier molecular flexibility index (Phi) is 4.05. The first-order valence-electron chi connectivity index (χ1n) is 5.55. The monoisotopic (exact) mass is 320 g/mol. The molecule has 4 heteroatoms. The highest BCUT2D eigenvalue weighted by Gasteiger charge is 2.07. The predicted octanol–water partition coefficient (Wildman–Crippen LogP) is 4.33. The van der Waals surface area contributed by atoms with Crippen LogP contribution in [0.5, 0.6) is 0 Å². The Hall–Kier alpha value is -1.31. The van der Waals surface area contributed by atoms with Gasteiger partial charge in [-0.3, -0.25) is 0 Å². The summed E-state index contributed by atoms with van der Waals surface area (Å²) in [6, 6.07) is 10.1.